The smallest absolute Gasteiger partial charge is 0.162 e. The number of sulfone groups is 1. The standard InChI is InChI=1S/C15H13NO3S2/c17-21(18,10-12-5-2-1-3-6-12)11-13-9-20-15(16-13)14-7-4-8-19-14/h1-9H,10-11H2. The van der Waals surface area contributed by atoms with Crippen LogP contribution >= 0.6 is 11.3 Å². The van der Waals surface area contributed by atoms with Crippen LogP contribution in [0, 0.1) is 0 Å². The molecule has 6 heteroatoms. The van der Waals surface area contributed by atoms with Crippen LogP contribution in [0.4, 0.5) is 0 Å². The van der Waals surface area contributed by atoms with E-state index in [-0.39, 0.29) is 11.5 Å². The van der Waals surface area contributed by atoms with Gasteiger partial charge in [0.2, 0.25) is 0 Å². The lowest BCUT2D eigenvalue weighted by Crippen LogP contribution is -2.07. The van der Waals surface area contributed by atoms with Crippen LogP contribution in [0.5, 0.6) is 0 Å². The van der Waals surface area contributed by atoms with Crippen molar-refractivity contribution in [2.75, 3.05) is 0 Å². The van der Waals surface area contributed by atoms with Gasteiger partial charge in [-0.3, -0.25) is 0 Å². The fourth-order valence-electron chi connectivity index (χ4n) is 1.99. The molecule has 2 heterocycles. The van der Waals surface area contributed by atoms with Crippen LogP contribution in [0.25, 0.3) is 10.8 Å². The zero-order chi connectivity index (χ0) is 14.7. The molecule has 0 unspecified atom stereocenters. The summed E-state index contributed by atoms with van der Waals surface area (Å²) in [6.07, 6.45) is 1.57. The Morgan fingerprint density at radius 2 is 1.86 bits per heavy atom. The first-order valence-corrected chi connectivity index (χ1v) is 9.05. The summed E-state index contributed by atoms with van der Waals surface area (Å²) in [6.45, 7) is 0. The fourth-order valence-corrected chi connectivity index (χ4v) is 4.28. The number of thiazole rings is 1. The maximum atomic E-state index is 12.2. The van der Waals surface area contributed by atoms with Crippen LogP contribution in [-0.4, -0.2) is 13.4 Å². The molecule has 3 rings (SSSR count). The molecule has 0 N–H and O–H groups in total. The van der Waals surface area contributed by atoms with Crippen LogP contribution in [-0.2, 0) is 21.3 Å². The first kappa shape index (κ1) is 14.0. The quantitative estimate of drug-likeness (QED) is 0.722. The summed E-state index contributed by atoms with van der Waals surface area (Å²) < 4.78 is 29.7. The van der Waals surface area contributed by atoms with E-state index in [4.69, 9.17) is 4.42 Å². The van der Waals surface area contributed by atoms with Crippen molar-refractivity contribution in [1.29, 1.82) is 0 Å². The Kier molecular flexibility index (Phi) is 3.90. The zero-order valence-corrected chi connectivity index (χ0v) is 12.7. The lowest BCUT2D eigenvalue weighted by molar-refractivity contribution is 0.581. The maximum absolute atomic E-state index is 12.2. The molecule has 4 nitrogen and oxygen atoms in total. The van der Waals surface area contributed by atoms with Crippen LogP contribution in [0.15, 0.2) is 58.5 Å². The zero-order valence-electron chi connectivity index (χ0n) is 11.1. The first-order chi connectivity index (χ1) is 10.1. The van der Waals surface area contributed by atoms with Gasteiger partial charge < -0.3 is 4.42 Å². The summed E-state index contributed by atoms with van der Waals surface area (Å²) in [5.74, 6) is 0.632. The highest BCUT2D eigenvalue weighted by atomic mass is 32.2. The molecular formula is C15H13NO3S2. The van der Waals surface area contributed by atoms with Crippen molar-refractivity contribution in [3.8, 4) is 10.8 Å². The summed E-state index contributed by atoms with van der Waals surface area (Å²) in [6, 6.07) is 12.8. The van der Waals surface area contributed by atoms with E-state index in [9.17, 15) is 8.42 Å². The highest BCUT2D eigenvalue weighted by molar-refractivity contribution is 7.89. The molecule has 21 heavy (non-hydrogen) atoms. The SMILES string of the molecule is O=S(=O)(Cc1ccccc1)Cc1csc(-c2ccco2)n1. The summed E-state index contributed by atoms with van der Waals surface area (Å²) in [5.41, 5.74) is 1.35. The van der Waals surface area contributed by atoms with Gasteiger partial charge in [0.1, 0.15) is 0 Å². The topological polar surface area (TPSA) is 60.2 Å². The van der Waals surface area contributed by atoms with Crippen molar-refractivity contribution >= 4 is 21.2 Å². The molecule has 0 spiro atoms. The van der Waals surface area contributed by atoms with E-state index >= 15 is 0 Å². The van der Waals surface area contributed by atoms with Gasteiger partial charge in [-0.25, -0.2) is 13.4 Å². The van der Waals surface area contributed by atoms with E-state index < -0.39 is 9.84 Å². The molecule has 108 valence electrons. The Morgan fingerprint density at radius 1 is 1.05 bits per heavy atom. The molecule has 1 aromatic carbocycles. The molecular weight excluding hydrogens is 306 g/mol. The molecule has 2 aromatic heterocycles. The molecule has 0 aliphatic heterocycles. The molecule has 0 bridgehead atoms. The third-order valence-electron chi connectivity index (χ3n) is 2.88. The highest BCUT2D eigenvalue weighted by Crippen LogP contribution is 2.25. The van der Waals surface area contributed by atoms with Crippen LogP contribution in [0.3, 0.4) is 0 Å². The second-order valence-corrected chi connectivity index (χ2v) is 7.56. The van der Waals surface area contributed by atoms with Gasteiger partial charge in [-0.1, -0.05) is 30.3 Å². The molecule has 0 atom stereocenters. The van der Waals surface area contributed by atoms with E-state index in [1.54, 1.807) is 23.8 Å². The number of benzene rings is 1. The number of nitrogens with zero attached hydrogens (tertiary/aromatic N) is 1. The van der Waals surface area contributed by atoms with Crippen molar-refractivity contribution in [2.45, 2.75) is 11.5 Å². The van der Waals surface area contributed by atoms with Crippen molar-refractivity contribution < 1.29 is 12.8 Å². The average molecular weight is 319 g/mol. The monoisotopic (exact) mass is 319 g/mol. The largest absolute Gasteiger partial charge is 0.462 e. The van der Waals surface area contributed by atoms with Gasteiger partial charge in [0, 0.05) is 5.38 Å². The second-order valence-electron chi connectivity index (χ2n) is 4.64. The Morgan fingerprint density at radius 3 is 2.57 bits per heavy atom. The minimum Gasteiger partial charge on any atom is -0.462 e. The van der Waals surface area contributed by atoms with Crippen molar-refractivity contribution in [3.63, 3.8) is 0 Å². The third kappa shape index (κ3) is 3.59. The van der Waals surface area contributed by atoms with Crippen LogP contribution in [0.1, 0.15) is 11.3 Å². The Balaban J connectivity index is 1.74. The van der Waals surface area contributed by atoms with Crippen molar-refractivity contribution in [1.82, 2.24) is 4.98 Å². The van der Waals surface area contributed by atoms with Gasteiger partial charge in [-0.15, -0.1) is 11.3 Å². The fraction of sp³-hybridized carbons (Fsp3) is 0.133. The molecule has 0 aliphatic rings. The van der Waals surface area contributed by atoms with Gasteiger partial charge in [-0.05, 0) is 17.7 Å². The van der Waals surface area contributed by atoms with Crippen LogP contribution < -0.4 is 0 Å². The maximum Gasteiger partial charge on any atom is 0.162 e. The van der Waals surface area contributed by atoms with Gasteiger partial charge in [0.25, 0.3) is 0 Å². The summed E-state index contributed by atoms with van der Waals surface area (Å²) >= 11 is 1.38. The average Bonchev–Trinajstić information content (AvgIpc) is 3.09. The number of aromatic nitrogens is 1. The number of rotatable bonds is 5. The van der Waals surface area contributed by atoms with E-state index in [0.29, 0.717) is 16.5 Å². The number of hydrogen-bond donors (Lipinski definition) is 0. The van der Waals surface area contributed by atoms with Gasteiger partial charge >= 0.3 is 0 Å². The Hall–Kier alpha value is -1.92. The normalized spacial score (nSPS) is 11.6. The minimum atomic E-state index is -3.23. The molecule has 0 fully saturated rings. The number of furan rings is 1. The first-order valence-electron chi connectivity index (χ1n) is 6.35. The van der Waals surface area contributed by atoms with E-state index in [2.05, 4.69) is 4.98 Å². The predicted molar refractivity (Wildman–Crippen MR) is 82.6 cm³/mol. The molecule has 0 amide bonds. The molecule has 0 radical (unpaired) electrons. The van der Waals surface area contributed by atoms with Gasteiger partial charge in [0.15, 0.2) is 20.6 Å². The molecule has 3 aromatic rings. The highest BCUT2D eigenvalue weighted by Gasteiger charge is 2.16. The molecule has 0 saturated heterocycles. The Labute approximate surface area is 127 Å². The summed E-state index contributed by atoms with van der Waals surface area (Å²) in [7, 11) is -3.23. The van der Waals surface area contributed by atoms with Gasteiger partial charge in [0.05, 0.1) is 23.5 Å². The predicted octanol–water partition coefficient (Wildman–Crippen LogP) is 3.52. The summed E-state index contributed by atoms with van der Waals surface area (Å²) in [5, 5.41) is 2.46. The second kappa shape index (κ2) is 5.83. The van der Waals surface area contributed by atoms with Crippen LogP contribution in [0.2, 0.25) is 0 Å². The molecule has 0 aliphatic carbocycles. The lowest BCUT2D eigenvalue weighted by atomic mass is 10.2. The lowest BCUT2D eigenvalue weighted by Gasteiger charge is -2.02. The molecule has 0 saturated carbocycles. The third-order valence-corrected chi connectivity index (χ3v) is 5.30. The van der Waals surface area contributed by atoms with E-state index in [1.807, 2.05) is 30.3 Å². The Bertz CT molecular complexity index is 806. The van der Waals surface area contributed by atoms with E-state index in [1.165, 1.54) is 11.3 Å². The van der Waals surface area contributed by atoms with E-state index in [0.717, 1.165) is 5.56 Å². The number of hydrogen-bond acceptors (Lipinski definition) is 5. The van der Waals surface area contributed by atoms with Crippen molar-refractivity contribution in [3.05, 3.63) is 65.4 Å². The summed E-state index contributed by atoms with van der Waals surface area (Å²) in [4.78, 5) is 4.33. The van der Waals surface area contributed by atoms with Crippen molar-refractivity contribution in [2.24, 2.45) is 0 Å². The minimum absolute atomic E-state index is 0.0292. The van der Waals surface area contributed by atoms with Gasteiger partial charge in [-0.2, -0.15) is 0 Å².